The van der Waals surface area contributed by atoms with E-state index in [9.17, 15) is 10.1 Å². The minimum atomic E-state index is -0.391. The van der Waals surface area contributed by atoms with E-state index in [1.807, 2.05) is 40.9 Å². The van der Waals surface area contributed by atoms with Gasteiger partial charge < -0.3 is 4.74 Å². The fourth-order valence-corrected chi connectivity index (χ4v) is 3.24. The monoisotopic (exact) mass is 317 g/mol. The quantitative estimate of drug-likeness (QED) is 0.345. The third kappa shape index (κ3) is 1.73. The molecular weight excluding hydrogens is 306 g/mol. The predicted molar refractivity (Wildman–Crippen MR) is 88.7 cm³/mol. The van der Waals surface area contributed by atoms with Crippen LogP contribution in [0.4, 0.5) is 5.69 Å². The first-order chi connectivity index (χ1) is 11.7. The molecular formula is C18H11N3O3. The summed E-state index contributed by atoms with van der Waals surface area (Å²) in [6.07, 6.45) is 2.51. The van der Waals surface area contributed by atoms with Crippen LogP contribution in [0.1, 0.15) is 11.3 Å². The second kappa shape index (κ2) is 4.55. The maximum absolute atomic E-state index is 11.0. The average Bonchev–Trinajstić information content (AvgIpc) is 2.97. The molecule has 0 aliphatic carbocycles. The fraction of sp³-hybridized carbons (Fsp3) is 0.0556. The largest absolute Gasteiger partial charge is 0.437 e. The fourth-order valence-electron chi connectivity index (χ4n) is 3.24. The smallest absolute Gasteiger partial charge is 0.269 e. The zero-order chi connectivity index (χ0) is 16.3. The van der Waals surface area contributed by atoms with Crippen molar-refractivity contribution in [3.8, 4) is 11.6 Å². The number of nitrogens with zero attached hydrogens (tertiary/aromatic N) is 3. The molecule has 1 aliphatic heterocycles. The van der Waals surface area contributed by atoms with E-state index in [1.54, 1.807) is 12.1 Å². The van der Waals surface area contributed by atoms with E-state index in [0.29, 0.717) is 18.1 Å². The zero-order valence-electron chi connectivity index (χ0n) is 12.5. The predicted octanol–water partition coefficient (Wildman–Crippen LogP) is 4.09. The van der Waals surface area contributed by atoms with Crippen LogP contribution in [-0.2, 0) is 6.42 Å². The normalized spacial score (nSPS) is 12.7. The van der Waals surface area contributed by atoms with Crippen LogP contribution in [0.5, 0.6) is 11.6 Å². The highest BCUT2D eigenvalue weighted by molar-refractivity contribution is 5.94. The van der Waals surface area contributed by atoms with Crippen molar-refractivity contribution in [1.29, 1.82) is 0 Å². The van der Waals surface area contributed by atoms with Crippen LogP contribution in [-0.4, -0.2) is 14.3 Å². The summed E-state index contributed by atoms with van der Waals surface area (Å²) in [6, 6.07) is 14.7. The Morgan fingerprint density at radius 1 is 1.17 bits per heavy atom. The molecule has 0 spiro atoms. The lowest BCUT2D eigenvalue weighted by atomic mass is 10.1. The van der Waals surface area contributed by atoms with E-state index in [1.165, 1.54) is 6.07 Å². The first-order valence-corrected chi connectivity index (χ1v) is 7.54. The number of aromatic nitrogens is 2. The van der Waals surface area contributed by atoms with Crippen LogP contribution in [0.25, 0.3) is 16.4 Å². The average molecular weight is 317 g/mol. The zero-order valence-corrected chi connectivity index (χ0v) is 12.5. The van der Waals surface area contributed by atoms with Gasteiger partial charge in [-0.2, -0.15) is 4.98 Å². The van der Waals surface area contributed by atoms with Gasteiger partial charge in [0.25, 0.3) is 5.69 Å². The molecule has 6 nitrogen and oxygen atoms in total. The van der Waals surface area contributed by atoms with E-state index < -0.39 is 4.92 Å². The van der Waals surface area contributed by atoms with Gasteiger partial charge in [0.05, 0.1) is 10.6 Å². The van der Waals surface area contributed by atoms with Crippen LogP contribution >= 0.6 is 0 Å². The number of benzene rings is 2. The number of fused-ring (bicyclic) bond motifs is 6. The number of pyridine rings is 1. The SMILES string of the molecule is O=[N+]([O-])c1ccc2c(c1)Cc1c(nc3c4ccccc4ccn13)O2. The van der Waals surface area contributed by atoms with Gasteiger partial charge in [0, 0.05) is 35.7 Å². The molecule has 0 unspecified atom stereocenters. The lowest BCUT2D eigenvalue weighted by Crippen LogP contribution is -2.05. The van der Waals surface area contributed by atoms with E-state index >= 15 is 0 Å². The Bertz CT molecular complexity index is 1150. The minimum absolute atomic E-state index is 0.0695. The lowest BCUT2D eigenvalue weighted by Gasteiger charge is -2.16. The van der Waals surface area contributed by atoms with Gasteiger partial charge >= 0.3 is 0 Å². The van der Waals surface area contributed by atoms with Crippen molar-refractivity contribution in [3.05, 3.63) is 76.1 Å². The molecule has 0 N–H and O–H groups in total. The topological polar surface area (TPSA) is 69.7 Å². The van der Waals surface area contributed by atoms with Crippen LogP contribution in [0.15, 0.2) is 54.7 Å². The Balaban J connectivity index is 1.73. The number of rotatable bonds is 1. The molecule has 0 radical (unpaired) electrons. The summed E-state index contributed by atoms with van der Waals surface area (Å²) >= 11 is 0. The number of imidazole rings is 1. The molecule has 24 heavy (non-hydrogen) atoms. The molecule has 1 aliphatic rings. The second-order valence-electron chi connectivity index (χ2n) is 5.79. The first-order valence-electron chi connectivity index (χ1n) is 7.54. The molecule has 2 aromatic heterocycles. The molecule has 3 heterocycles. The summed E-state index contributed by atoms with van der Waals surface area (Å²) in [6.45, 7) is 0. The molecule has 0 bridgehead atoms. The summed E-state index contributed by atoms with van der Waals surface area (Å²) in [7, 11) is 0. The number of non-ortho nitro benzene ring substituents is 1. The highest BCUT2D eigenvalue weighted by Crippen LogP contribution is 2.39. The third-order valence-electron chi connectivity index (χ3n) is 4.40. The molecule has 6 heteroatoms. The highest BCUT2D eigenvalue weighted by atomic mass is 16.6. The standard InChI is InChI=1S/C18H11N3O3/c22-21(23)13-5-6-16-12(9-13)10-15-18(24-16)19-17-14-4-2-1-3-11(14)7-8-20(15)17/h1-9H,10H2. The number of nitro groups is 1. The third-order valence-corrected chi connectivity index (χ3v) is 4.40. The number of nitro benzene ring substituents is 1. The van der Waals surface area contributed by atoms with Gasteiger partial charge in [-0.25, -0.2) is 0 Å². The maximum atomic E-state index is 11.0. The lowest BCUT2D eigenvalue weighted by molar-refractivity contribution is -0.384. The summed E-state index contributed by atoms with van der Waals surface area (Å²) in [4.78, 5) is 15.2. The van der Waals surface area contributed by atoms with Gasteiger partial charge in [0.1, 0.15) is 11.4 Å². The van der Waals surface area contributed by atoms with Gasteiger partial charge in [0.15, 0.2) is 0 Å². The van der Waals surface area contributed by atoms with Crippen LogP contribution in [0.3, 0.4) is 0 Å². The van der Waals surface area contributed by atoms with E-state index in [-0.39, 0.29) is 5.69 Å². The number of hydrogen-bond donors (Lipinski definition) is 0. The van der Waals surface area contributed by atoms with Crippen molar-refractivity contribution < 1.29 is 9.66 Å². The minimum Gasteiger partial charge on any atom is -0.437 e. The van der Waals surface area contributed by atoms with Crippen molar-refractivity contribution in [2.24, 2.45) is 0 Å². The Labute approximate surface area is 136 Å². The van der Waals surface area contributed by atoms with Gasteiger partial charge in [-0.3, -0.25) is 14.5 Å². The van der Waals surface area contributed by atoms with E-state index in [0.717, 1.165) is 27.7 Å². The Kier molecular flexibility index (Phi) is 2.48. The second-order valence-corrected chi connectivity index (χ2v) is 5.79. The van der Waals surface area contributed by atoms with Crippen molar-refractivity contribution in [1.82, 2.24) is 9.38 Å². The maximum Gasteiger partial charge on any atom is 0.269 e. The van der Waals surface area contributed by atoms with Gasteiger partial charge in [0.2, 0.25) is 5.88 Å². The Hall–Kier alpha value is -3.41. The Morgan fingerprint density at radius 3 is 2.92 bits per heavy atom. The molecule has 0 amide bonds. The molecule has 0 atom stereocenters. The summed E-state index contributed by atoms with van der Waals surface area (Å²) in [5, 5.41) is 13.1. The van der Waals surface area contributed by atoms with Crippen LogP contribution < -0.4 is 4.74 Å². The van der Waals surface area contributed by atoms with Crippen LogP contribution in [0, 0.1) is 10.1 Å². The van der Waals surface area contributed by atoms with Gasteiger partial charge in [-0.1, -0.05) is 24.3 Å². The summed E-state index contributed by atoms with van der Waals surface area (Å²) in [5.74, 6) is 1.19. The molecule has 0 saturated carbocycles. The van der Waals surface area contributed by atoms with Crippen LogP contribution in [0.2, 0.25) is 0 Å². The first kappa shape index (κ1) is 13.1. The molecule has 5 rings (SSSR count). The van der Waals surface area contributed by atoms with E-state index in [2.05, 4.69) is 4.98 Å². The van der Waals surface area contributed by atoms with Crippen molar-refractivity contribution in [3.63, 3.8) is 0 Å². The van der Waals surface area contributed by atoms with Gasteiger partial charge in [-0.05, 0) is 17.5 Å². The molecule has 4 aromatic rings. The van der Waals surface area contributed by atoms with E-state index in [4.69, 9.17) is 4.74 Å². The van der Waals surface area contributed by atoms with Crippen molar-refractivity contribution in [2.75, 3.05) is 0 Å². The van der Waals surface area contributed by atoms with Crippen molar-refractivity contribution >= 4 is 22.1 Å². The summed E-state index contributed by atoms with van der Waals surface area (Å²) < 4.78 is 7.89. The number of hydrogen-bond acceptors (Lipinski definition) is 4. The number of ether oxygens (including phenoxy) is 1. The molecule has 116 valence electrons. The molecule has 0 saturated heterocycles. The van der Waals surface area contributed by atoms with Gasteiger partial charge in [-0.15, -0.1) is 0 Å². The molecule has 2 aromatic carbocycles. The van der Waals surface area contributed by atoms with Crippen molar-refractivity contribution in [2.45, 2.75) is 6.42 Å². The molecule has 0 fully saturated rings. The highest BCUT2D eigenvalue weighted by Gasteiger charge is 2.24. The Morgan fingerprint density at radius 2 is 2.04 bits per heavy atom. The summed E-state index contributed by atoms with van der Waals surface area (Å²) in [5.41, 5.74) is 2.61.